The number of aliphatic hydroxyl groups is 1. The molecule has 0 spiro atoms. The van der Waals surface area contributed by atoms with Gasteiger partial charge in [-0.2, -0.15) is 0 Å². The van der Waals surface area contributed by atoms with E-state index in [0.717, 1.165) is 18.2 Å². The van der Waals surface area contributed by atoms with E-state index in [9.17, 15) is 20.1 Å². The highest BCUT2D eigenvalue weighted by Crippen LogP contribution is 2.41. The van der Waals surface area contributed by atoms with Crippen molar-refractivity contribution >= 4 is 34.7 Å². The van der Waals surface area contributed by atoms with Gasteiger partial charge in [0.1, 0.15) is 28.2 Å². The van der Waals surface area contributed by atoms with Crippen LogP contribution in [0.5, 0.6) is 11.5 Å². The Morgan fingerprint density at radius 1 is 1.13 bits per heavy atom. The van der Waals surface area contributed by atoms with Gasteiger partial charge >= 0.3 is 0 Å². The fraction of sp³-hybridized carbons (Fsp3) is 0.261. The lowest BCUT2D eigenvalue weighted by molar-refractivity contribution is 0.0630. The zero-order valence-electron chi connectivity index (χ0n) is 16.4. The number of hydrogen-bond donors (Lipinski definition) is 3. The van der Waals surface area contributed by atoms with Gasteiger partial charge in [0.2, 0.25) is 0 Å². The van der Waals surface area contributed by atoms with E-state index in [-0.39, 0.29) is 28.2 Å². The molecule has 30 heavy (non-hydrogen) atoms. The summed E-state index contributed by atoms with van der Waals surface area (Å²) in [6.07, 6.45) is 3.26. The van der Waals surface area contributed by atoms with Gasteiger partial charge in [0.15, 0.2) is 5.43 Å². The van der Waals surface area contributed by atoms with Crippen molar-refractivity contribution < 1.29 is 19.7 Å². The number of hydrogen-bond acceptors (Lipinski definition) is 6. The van der Waals surface area contributed by atoms with Crippen molar-refractivity contribution in [2.45, 2.75) is 18.4 Å². The van der Waals surface area contributed by atoms with Crippen molar-refractivity contribution in [2.24, 2.45) is 0 Å². The highest BCUT2D eigenvalue weighted by molar-refractivity contribution is 6.30. The maximum Gasteiger partial charge on any atom is 0.197 e. The van der Waals surface area contributed by atoms with E-state index in [2.05, 4.69) is 0 Å². The molecule has 2 aromatic carbocycles. The minimum Gasteiger partial charge on any atom is -0.507 e. The lowest BCUT2D eigenvalue weighted by Gasteiger charge is -2.34. The van der Waals surface area contributed by atoms with Crippen LogP contribution in [0.2, 0.25) is 5.02 Å². The Kier molecular flexibility index (Phi) is 5.56. The molecule has 1 fully saturated rings. The second-order valence-electron chi connectivity index (χ2n) is 7.66. The van der Waals surface area contributed by atoms with Crippen molar-refractivity contribution in [3.8, 4) is 11.5 Å². The molecule has 6 nitrogen and oxygen atoms in total. The lowest BCUT2D eigenvalue weighted by atomic mass is 9.85. The molecule has 3 N–H and O–H groups in total. The van der Waals surface area contributed by atoms with E-state index in [0.29, 0.717) is 23.6 Å². The summed E-state index contributed by atoms with van der Waals surface area (Å²) in [6.45, 7) is 1.16. The number of phenolic OH excluding ortho intramolecular Hbond substituents is 2. The fourth-order valence-electron chi connectivity index (χ4n) is 3.96. The predicted molar refractivity (Wildman–Crippen MR) is 117 cm³/mol. The number of benzene rings is 2. The third-order valence-electron chi connectivity index (χ3n) is 5.48. The molecule has 1 aromatic heterocycles. The highest BCUT2D eigenvalue weighted by Gasteiger charge is 2.32. The summed E-state index contributed by atoms with van der Waals surface area (Å²) in [5.41, 5.74) is 0.895. The SMILES string of the molecule is CN1CCC(c2c(O)cc(O)c3c(=O)cc(C=Cc4ccc(Cl)cc4)oc23)C(O)C1. The zero-order valence-corrected chi connectivity index (χ0v) is 17.1. The summed E-state index contributed by atoms with van der Waals surface area (Å²) in [6, 6.07) is 9.61. The van der Waals surface area contributed by atoms with Crippen LogP contribution in [0.4, 0.5) is 0 Å². The Morgan fingerprint density at radius 3 is 2.57 bits per heavy atom. The minimum atomic E-state index is -0.735. The van der Waals surface area contributed by atoms with Gasteiger partial charge in [-0.05, 0) is 43.8 Å². The number of β-amino-alcohol motifs (C(OH)–C–C–N with tert-alkyl or cyclic N) is 1. The average Bonchev–Trinajstić information content (AvgIpc) is 2.68. The largest absolute Gasteiger partial charge is 0.507 e. The quantitative estimate of drug-likeness (QED) is 0.588. The normalized spacial score (nSPS) is 20.2. The summed E-state index contributed by atoms with van der Waals surface area (Å²) in [7, 11) is 1.91. The lowest BCUT2D eigenvalue weighted by Crippen LogP contribution is -2.40. The van der Waals surface area contributed by atoms with Gasteiger partial charge in [-0.3, -0.25) is 4.79 Å². The van der Waals surface area contributed by atoms with E-state index in [4.69, 9.17) is 16.0 Å². The molecular formula is C23H22ClNO5. The van der Waals surface area contributed by atoms with Crippen LogP contribution in [0.3, 0.4) is 0 Å². The van der Waals surface area contributed by atoms with Crippen molar-refractivity contribution in [1.82, 2.24) is 4.90 Å². The Morgan fingerprint density at radius 2 is 1.87 bits per heavy atom. The van der Waals surface area contributed by atoms with Crippen LogP contribution in [0.15, 0.2) is 45.6 Å². The number of phenols is 2. The van der Waals surface area contributed by atoms with Gasteiger partial charge < -0.3 is 24.6 Å². The molecule has 1 saturated heterocycles. The molecule has 2 unspecified atom stereocenters. The van der Waals surface area contributed by atoms with E-state index in [1.54, 1.807) is 24.3 Å². The van der Waals surface area contributed by atoms with Gasteiger partial charge in [-0.15, -0.1) is 0 Å². The topological polar surface area (TPSA) is 94.1 Å². The van der Waals surface area contributed by atoms with Crippen LogP contribution in [0, 0.1) is 0 Å². The maximum atomic E-state index is 12.7. The second kappa shape index (κ2) is 8.14. The molecule has 0 aliphatic carbocycles. The number of likely N-dealkylation sites (N-methyl/N-ethyl adjacent to an activating group) is 1. The number of nitrogens with zero attached hydrogens (tertiary/aromatic N) is 1. The summed E-state index contributed by atoms with van der Waals surface area (Å²) in [5.74, 6) is -0.690. The van der Waals surface area contributed by atoms with Gasteiger partial charge in [0.25, 0.3) is 0 Å². The van der Waals surface area contributed by atoms with Crippen LogP contribution >= 0.6 is 11.6 Å². The van der Waals surface area contributed by atoms with Gasteiger partial charge in [0.05, 0.1) is 6.10 Å². The third kappa shape index (κ3) is 3.94. The number of piperidine rings is 1. The molecule has 2 atom stereocenters. The average molecular weight is 428 g/mol. The van der Waals surface area contributed by atoms with Gasteiger partial charge in [-0.25, -0.2) is 0 Å². The molecular weight excluding hydrogens is 406 g/mol. The Balaban J connectivity index is 1.84. The molecule has 1 aliphatic heterocycles. The van der Waals surface area contributed by atoms with E-state index in [1.807, 2.05) is 24.1 Å². The number of aromatic hydroxyl groups is 2. The summed E-state index contributed by atoms with van der Waals surface area (Å²) in [5, 5.41) is 32.0. The first-order chi connectivity index (χ1) is 14.3. The van der Waals surface area contributed by atoms with E-state index < -0.39 is 17.5 Å². The summed E-state index contributed by atoms with van der Waals surface area (Å²) < 4.78 is 5.95. The number of halogens is 1. The maximum absolute atomic E-state index is 12.7. The molecule has 0 radical (unpaired) electrons. The molecule has 2 heterocycles. The number of aliphatic hydroxyl groups excluding tert-OH is 1. The highest BCUT2D eigenvalue weighted by atomic mass is 35.5. The predicted octanol–water partition coefficient (Wildman–Crippen LogP) is 3.81. The third-order valence-corrected chi connectivity index (χ3v) is 5.73. The molecule has 156 valence electrons. The second-order valence-corrected chi connectivity index (χ2v) is 8.09. The number of likely N-dealkylation sites (tertiary alicyclic amines) is 1. The van der Waals surface area contributed by atoms with Crippen LogP contribution < -0.4 is 5.43 Å². The molecule has 0 bridgehead atoms. The molecule has 1 aliphatic rings. The minimum absolute atomic E-state index is 0.00225. The van der Waals surface area contributed by atoms with Crippen molar-refractivity contribution in [2.75, 3.05) is 20.1 Å². The van der Waals surface area contributed by atoms with E-state index in [1.165, 1.54) is 6.07 Å². The van der Waals surface area contributed by atoms with Crippen LogP contribution in [-0.2, 0) is 0 Å². The van der Waals surface area contributed by atoms with Crippen molar-refractivity contribution in [1.29, 1.82) is 0 Å². The number of rotatable bonds is 3. The molecule has 4 rings (SSSR count). The fourth-order valence-corrected chi connectivity index (χ4v) is 4.08. The molecule has 0 saturated carbocycles. The monoisotopic (exact) mass is 427 g/mol. The Hall–Kier alpha value is -2.80. The summed E-state index contributed by atoms with van der Waals surface area (Å²) in [4.78, 5) is 14.7. The molecule has 3 aromatic rings. The van der Waals surface area contributed by atoms with Crippen molar-refractivity contribution in [3.05, 3.63) is 68.5 Å². The molecule has 0 amide bonds. The van der Waals surface area contributed by atoms with Crippen LogP contribution in [0.25, 0.3) is 23.1 Å². The van der Waals surface area contributed by atoms with E-state index >= 15 is 0 Å². The van der Waals surface area contributed by atoms with Gasteiger partial charge in [0, 0.05) is 35.2 Å². The first-order valence-electron chi connectivity index (χ1n) is 9.66. The smallest absolute Gasteiger partial charge is 0.197 e. The summed E-state index contributed by atoms with van der Waals surface area (Å²) >= 11 is 5.90. The number of fused-ring (bicyclic) bond motifs is 1. The van der Waals surface area contributed by atoms with Crippen LogP contribution in [0.1, 0.15) is 29.2 Å². The Bertz CT molecular complexity index is 1170. The zero-order chi connectivity index (χ0) is 21.4. The van der Waals surface area contributed by atoms with Crippen molar-refractivity contribution in [3.63, 3.8) is 0 Å². The Labute approximate surface area is 178 Å². The first-order valence-corrected chi connectivity index (χ1v) is 10.0. The van der Waals surface area contributed by atoms with Crippen LogP contribution in [-0.4, -0.2) is 46.5 Å². The van der Waals surface area contributed by atoms with Gasteiger partial charge in [-0.1, -0.05) is 29.8 Å². The molecule has 7 heteroatoms. The first kappa shape index (κ1) is 20.5. The standard InChI is InChI=1S/C23H22ClNO5/c1-25-9-8-16(20(29)12-25)21-18(27)11-19(28)22-17(26)10-15(30-23(21)22)7-4-13-2-5-14(24)6-3-13/h2-7,10-11,16,20,27-29H,8-9,12H2,1H3.